The molecule has 102 valence electrons. The number of anilines is 1. The molecular weight excluding hydrogens is 242 g/mol. The van der Waals surface area contributed by atoms with Crippen molar-refractivity contribution in [3.63, 3.8) is 0 Å². The molecule has 1 aliphatic rings. The minimum absolute atomic E-state index is 0.00255. The molecule has 1 heterocycles. The van der Waals surface area contributed by atoms with Crippen LogP contribution in [0.3, 0.4) is 0 Å². The molecule has 0 aromatic heterocycles. The Morgan fingerprint density at radius 3 is 2.84 bits per heavy atom. The fraction of sp³-hybridized carbons (Fsp3) is 0.467. The molecule has 1 atom stereocenters. The van der Waals surface area contributed by atoms with Crippen molar-refractivity contribution in [1.82, 2.24) is 0 Å². The van der Waals surface area contributed by atoms with Gasteiger partial charge in [-0.2, -0.15) is 0 Å². The largest absolute Gasteiger partial charge is 0.469 e. The van der Waals surface area contributed by atoms with Crippen LogP contribution in [0.4, 0.5) is 5.69 Å². The molecule has 0 amide bonds. The van der Waals surface area contributed by atoms with Gasteiger partial charge in [0.05, 0.1) is 13.5 Å². The lowest BCUT2D eigenvalue weighted by molar-refractivity contribution is -0.141. The first kappa shape index (κ1) is 13.6. The minimum Gasteiger partial charge on any atom is -0.469 e. The van der Waals surface area contributed by atoms with Gasteiger partial charge < -0.3 is 9.64 Å². The molecule has 0 N–H and O–H groups in total. The predicted molar refractivity (Wildman–Crippen MR) is 73.5 cm³/mol. The average Bonchev–Trinajstić information content (AvgIpc) is 2.78. The Balaban J connectivity index is 2.14. The first-order chi connectivity index (χ1) is 9.02. The molecule has 0 aliphatic carbocycles. The molecule has 0 saturated heterocycles. The van der Waals surface area contributed by atoms with Crippen LogP contribution in [0.2, 0.25) is 0 Å². The zero-order valence-electron chi connectivity index (χ0n) is 11.6. The Kier molecular flexibility index (Phi) is 3.88. The molecule has 4 heteroatoms. The van der Waals surface area contributed by atoms with Crippen molar-refractivity contribution in [2.45, 2.75) is 19.8 Å². The molecule has 19 heavy (non-hydrogen) atoms. The molecule has 0 spiro atoms. The van der Waals surface area contributed by atoms with Gasteiger partial charge in [-0.1, -0.05) is 6.92 Å². The van der Waals surface area contributed by atoms with E-state index in [1.807, 2.05) is 25.2 Å². The number of carbonyl (C=O) groups is 2. The number of ketones is 1. The summed E-state index contributed by atoms with van der Waals surface area (Å²) >= 11 is 0. The summed E-state index contributed by atoms with van der Waals surface area (Å²) in [5, 5.41) is 0. The van der Waals surface area contributed by atoms with Gasteiger partial charge in [-0.15, -0.1) is 0 Å². The SMILES string of the molecule is COC(=O)CC(C)C(=O)c1ccc2c(c1)CCN2C. The predicted octanol–water partition coefficient (Wildman–Crippen LogP) is 2.06. The Labute approximate surface area is 113 Å². The van der Waals surface area contributed by atoms with Crippen molar-refractivity contribution in [2.75, 3.05) is 25.6 Å². The first-order valence-corrected chi connectivity index (χ1v) is 6.48. The van der Waals surface area contributed by atoms with Crippen LogP contribution in [-0.2, 0) is 16.0 Å². The van der Waals surface area contributed by atoms with Crippen LogP contribution in [0, 0.1) is 5.92 Å². The van der Waals surface area contributed by atoms with Crippen LogP contribution in [0.25, 0.3) is 0 Å². The number of fused-ring (bicyclic) bond motifs is 1. The summed E-state index contributed by atoms with van der Waals surface area (Å²) in [6.45, 7) is 2.75. The maximum absolute atomic E-state index is 12.3. The molecule has 0 bridgehead atoms. The van der Waals surface area contributed by atoms with Crippen LogP contribution >= 0.6 is 0 Å². The van der Waals surface area contributed by atoms with Gasteiger partial charge in [-0.3, -0.25) is 9.59 Å². The lowest BCUT2D eigenvalue weighted by Crippen LogP contribution is -2.17. The summed E-state index contributed by atoms with van der Waals surface area (Å²) in [7, 11) is 3.39. The van der Waals surface area contributed by atoms with Gasteiger partial charge in [0.2, 0.25) is 0 Å². The number of benzene rings is 1. The molecule has 1 aliphatic heterocycles. The van der Waals surface area contributed by atoms with Crippen LogP contribution in [0.15, 0.2) is 18.2 Å². The van der Waals surface area contributed by atoms with E-state index < -0.39 is 0 Å². The number of hydrogen-bond acceptors (Lipinski definition) is 4. The first-order valence-electron chi connectivity index (χ1n) is 6.48. The Bertz CT molecular complexity index is 510. The topological polar surface area (TPSA) is 46.6 Å². The van der Waals surface area contributed by atoms with E-state index >= 15 is 0 Å². The van der Waals surface area contributed by atoms with Crippen LogP contribution in [0.5, 0.6) is 0 Å². The highest BCUT2D eigenvalue weighted by Gasteiger charge is 2.22. The highest BCUT2D eigenvalue weighted by atomic mass is 16.5. The molecule has 0 saturated carbocycles. The number of ether oxygens (including phenoxy) is 1. The zero-order valence-corrected chi connectivity index (χ0v) is 11.6. The maximum Gasteiger partial charge on any atom is 0.306 e. The summed E-state index contributed by atoms with van der Waals surface area (Å²) < 4.78 is 4.60. The second-order valence-corrected chi connectivity index (χ2v) is 5.06. The van der Waals surface area contributed by atoms with Crippen molar-refractivity contribution >= 4 is 17.4 Å². The zero-order chi connectivity index (χ0) is 14.0. The number of likely N-dealkylation sites (N-methyl/N-ethyl adjacent to an activating group) is 1. The number of hydrogen-bond donors (Lipinski definition) is 0. The molecule has 1 aromatic rings. The van der Waals surface area contributed by atoms with E-state index in [-0.39, 0.29) is 24.1 Å². The highest BCUT2D eigenvalue weighted by molar-refractivity contribution is 5.99. The Hall–Kier alpha value is -1.84. The van der Waals surface area contributed by atoms with Gasteiger partial charge in [0.15, 0.2) is 5.78 Å². The lowest BCUT2D eigenvalue weighted by Gasteiger charge is -2.13. The van der Waals surface area contributed by atoms with Crippen molar-refractivity contribution in [2.24, 2.45) is 5.92 Å². The van der Waals surface area contributed by atoms with Crippen molar-refractivity contribution in [3.05, 3.63) is 29.3 Å². The number of nitrogens with zero attached hydrogens (tertiary/aromatic N) is 1. The third-order valence-electron chi connectivity index (χ3n) is 3.64. The van der Waals surface area contributed by atoms with Gasteiger partial charge in [0, 0.05) is 30.8 Å². The van der Waals surface area contributed by atoms with E-state index in [1.54, 1.807) is 6.92 Å². The monoisotopic (exact) mass is 261 g/mol. The lowest BCUT2D eigenvalue weighted by atomic mass is 9.95. The van der Waals surface area contributed by atoms with Crippen molar-refractivity contribution in [1.29, 1.82) is 0 Å². The molecule has 4 nitrogen and oxygen atoms in total. The number of methoxy groups -OCH3 is 1. The summed E-state index contributed by atoms with van der Waals surface area (Å²) in [4.78, 5) is 25.6. The van der Waals surface area contributed by atoms with Crippen molar-refractivity contribution in [3.8, 4) is 0 Å². The Morgan fingerprint density at radius 1 is 1.42 bits per heavy atom. The molecule has 2 rings (SSSR count). The fourth-order valence-corrected chi connectivity index (χ4v) is 2.43. The number of rotatable bonds is 4. The standard InChI is InChI=1S/C15H19NO3/c1-10(8-14(17)19-3)15(18)12-4-5-13-11(9-12)6-7-16(13)2/h4-5,9-10H,6-8H2,1-3H3. The second kappa shape index (κ2) is 5.43. The van der Waals surface area contributed by atoms with E-state index in [1.165, 1.54) is 18.4 Å². The number of carbonyl (C=O) groups excluding carboxylic acids is 2. The molecule has 0 radical (unpaired) electrons. The summed E-state index contributed by atoms with van der Waals surface area (Å²) in [6, 6.07) is 5.78. The fourth-order valence-electron chi connectivity index (χ4n) is 2.43. The second-order valence-electron chi connectivity index (χ2n) is 5.06. The van der Waals surface area contributed by atoms with Gasteiger partial charge in [0.1, 0.15) is 0 Å². The van der Waals surface area contributed by atoms with Crippen LogP contribution < -0.4 is 4.90 Å². The third kappa shape index (κ3) is 2.78. The van der Waals surface area contributed by atoms with E-state index in [4.69, 9.17) is 0 Å². The summed E-state index contributed by atoms with van der Waals surface area (Å²) in [6.07, 6.45) is 1.10. The molecule has 1 unspecified atom stereocenters. The summed E-state index contributed by atoms with van der Waals surface area (Å²) in [5.41, 5.74) is 3.08. The molecule has 0 fully saturated rings. The minimum atomic E-state index is -0.346. The van der Waals surface area contributed by atoms with Crippen molar-refractivity contribution < 1.29 is 14.3 Å². The highest BCUT2D eigenvalue weighted by Crippen LogP contribution is 2.28. The molecular formula is C15H19NO3. The van der Waals surface area contributed by atoms with E-state index in [2.05, 4.69) is 9.64 Å². The Morgan fingerprint density at radius 2 is 2.16 bits per heavy atom. The van der Waals surface area contributed by atoms with E-state index in [0.29, 0.717) is 5.56 Å². The number of esters is 1. The van der Waals surface area contributed by atoms with Gasteiger partial charge in [0.25, 0.3) is 0 Å². The summed E-state index contributed by atoms with van der Waals surface area (Å²) in [5.74, 6) is -0.686. The maximum atomic E-state index is 12.3. The van der Waals surface area contributed by atoms with E-state index in [0.717, 1.165) is 13.0 Å². The van der Waals surface area contributed by atoms with Gasteiger partial charge in [-0.25, -0.2) is 0 Å². The third-order valence-corrected chi connectivity index (χ3v) is 3.64. The van der Waals surface area contributed by atoms with Crippen LogP contribution in [-0.4, -0.2) is 32.5 Å². The van der Waals surface area contributed by atoms with Gasteiger partial charge in [-0.05, 0) is 30.2 Å². The smallest absolute Gasteiger partial charge is 0.306 e. The normalized spacial score (nSPS) is 15.0. The quantitative estimate of drug-likeness (QED) is 0.615. The van der Waals surface area contributed by atoms with E-state index in [9.17, 15) is 9.59 Å². The van der Waals surface area contributed by atoms with Crippen LogP contribution in [0.1, 0.15) is 29.3 Å². The van der Waals surface area contributed by atoms with Gasteiger partial charge >= 0.3 is 5.97 Å². The molecule has 1 aromatic carbocycles. The number of Topliss-reactive ketones (excluding diaryl/α,β-unsaturated/α-hetero) is 1. The average molecular weight is 261 g/mol.